The van der Waals surface area contributed by atoms with E-state index in [0.717, 1.165) is 28.3 Å². The van der Waals surface area contributed by atoms with Crippen molar-refractivity contribution in [3.05, 3.63) is 47.0 Å². The Bertz CT molecular complexity index is 455. The van der Waals surface area contributed by atoms with Crippen LogP contribution in [0.2, 0.25) is 0 Å². The number of carboxylic acids is 1. The van der Waals surface area contributed by atoms with Gasteiger partial charge in [-0.3, -0.25) is 0 Å². The van der Waals surface area contributed by atoms with Crippen LogP contribution in [0.4, 0.5) is 5.69 Å². The van der Waals surface area contributed by atoms with Gasteiger partial charge in [0.25, 0.3) is 0 Å². The number of anilines is 1. The van der Waals surface area contributed by atoms with Crippen LogP contribution in [0.5, 0.6) is 0 Å². The van der Waals surface area contributed by atoms with E-state index in [1.165, 1.54) is 0 Å². The Kier molecular flexibility index (Phi) is 4.97. The molecule has 1 aromatic carbocycles. The number of likely N-dealkylation sites (N-methyl/N-ethyl adjacent to an activating group) is 1. The van der Waals surface area contributed by atoms with Gasteiger partial charge in [-0.05, 0) is 39.7 Å². The van der Waals surface area contributed by atoms with Crippen LogP contribution >= 0.6 is 15.9 Å². The Morgan fingerprint density at radius 3 is 2.82 bits per heavy atom. The zero-order chi connectivity index (χ0) is 12.8. The van der Waals surface area contributed by atoms with E-state index in [1.54, 1.807) is 6.08 Å². The third-order valence-corrected chi connectivity index (χ3v) is 2.84. The first-order valence-corrected chi connectivity index (χ1v) is 5.86. The summed E-state index contributed by atoms with van der Waals surface area (Å²) >= 11 is 3.47. The molecular weight excluding hydrogens is 282 g/mol. The highest BCUT2D eigenvalue weighted by Gasteiger charge is 2.04. The van der Waals surface area contributed by atoms with Crippen molar-refractivity contribution in [3.8, 4) is 0 Å². The van der Waals surface area contributed by atoms with Crippen molar-refractivity contribution in [3.63, 3.8) is 0 Å². The molecule has 0 aromatic heterocycles. The van der Waals surface area contributed by atoms with Gasteiger partial charge in [0.1, 0.15) is 0 Å². The maximum absolute atomic E-state index is 10.4. The van der Waals surface area contributed by atoms with Gasteiger partial charge in [0, 0.05) is 24.1 Å². The third-order valence-electron chi connectivity index (χ3n) is 2.20. The highest BCUT2D eigenvalue weighted by molar-refractivity contribution is 9.10. The fourth-order valence-corrected chi connectivity index (χ4v) is 2.10. The lowest BCUT2D eigenvalue weighted by atomic mass is 10.2. The summed E-state index contributed by atoms with van der Waals surface area (Å²) in [5.74, 6) is -0.950. The average molecular weight is 296 g/mol. The highest BCUT2D eigenvalue weighted by Crippen LogP contribution is 2.26. The summed E-state index contributed by atoms with van der Waals surface area (Å²) < 4.78 is 0.925. The van der Waals surface area contributed by atoms with E-state index in [1.807, 2.05) is 36.2 Å². The van der Waals surface area contributed by atoms with Crippen LogP contribution in [0.15, 0.2) is 41.4 Å². The average Bonchev–Trinajstić information content (AvgIpc) is 2.26. The molecule has 0 saturated carbocycles. The van der Waals surface area contributed by atoms with Gasteiger partial charge in [-0.25, -0.2) is 4.79 Å². The number of rotatable bonds is 5. The van der Waals surface area contributed by atoms with Crippen LogP contribution in [0.1, 0.15) is 5.56 Å². The van der Waals surface area contributed by atoms with Gasteiger partial charge in [0.05, 0.1) is 5.69 Å². The number of nitrogens with zero attached hydrogens (tertiary/aromatic N) is 1. The molecule has 0 aliphatic rings. The van der Waals surface area contributed by atoms with E-state index in [2.05, 4.69) is 22.5 Å². The summed E-state index contributed by atoms with van der Waals surface area (Å²) in [5.41, 5.74) is 1.88. The van der Waals surface area contributed by atoms with Crippen LogP contribution in [0, 0.1) is 0 Å². The maximum atomic E-state index is 10.4. The summed E-state index contributed by atoms with van der Waals surface area (Å²) in [7, 11) is 1.97. The predicted octanol–water partition coefficient (Wildman–Crippen LogP) is 3.17. The van der Waals surface area contributed by atoms with Crippen molar-refractivity contribution in [1.82, 2.24) is 0 Å². The molecule has 0 atom stereocenters. The molecule has 1 aromatic rings. The molecule has 17 heavy (non-hydrogen) atoms. The molecule has 0 aliphatic carbocycles. The zero-order valence-corrected chi connectivity index (χ0v) is 11.1. The van der Waals surface area contributed by atoms with Crippen LogP contribution in [0.25, 0.3) is 6.08 Å². The lowest BCUT2D eigenvalue weighted by molar-refractivity contribution is -0.131. The van der Waals surface area contributed by atoms with Crippen molar-refractivity contribution in [2.75, 3.05) is 18.5 Å². The predicted molar refractivity (Wildman–Crippen MR) is 74.3 cm³/mol. The third kappa shape index (κ3) is 4.07. The first kappa shape index (κ1) is 13.5. The van der Waals surface area contributed by atoms with Gasteiger partial charge in [0.2, 0.25) is 0 Å². The van der Waals surface area contributed by atoms with Gasteiger partial charge in [-0.1, -0.05) is 12.1 Å². The summed E-state index contributed by atoms with van der Waals surface area (Å²) in [6, 6.07) is 5.70. The molecule has 1 rings (SSSR count). The van der Waals surface area contributed by atoms with E-state index in [9.17, 15) is 4.79 Å². The Morgan fingerprint density at radius 2 is 2.29 bits per heavy atom. The van der Waals surface area contributed by atoms with E-state index < -0.39 is 5.97 Å². The van der Waals surface area contributed by atoms with Gasteiger partial charge >= 0.3 is 5.97 Å². The smallest absolute Gasteiger partial charge is 0.328 e. The van der Waals surface area contributed by atoms with E-state index in [4.69, 9.17) is 5.11 Å². The summed E-state index contributed by atoms with van der Waals surface area (Å²) in [6.45, 7) is 4.44. The van der Waals surface area contributed by atoms with Gasteiger partial charge in [0.15, 0.2) is 0 Å². The molecule has 1 N–H and O–H groups in total. The van der Waals surface area contributed by atoms with Crippen molar-refractivity contribution in [2.24, 2.45) is 0 Å². The number of halogens is 1. The number of aliphatic carboxylic acids is 1. The molecule has 3 nitrogen and oxygen atoms in total. The first-order valence-electron chi connectivity index (χ1n) is 5.07. The van der Waals surface area contributed by atoms with Crippen LogP contribution in [-0.2, 0) is 4.79 Å². The van der Waals surface area contributed by atoms with E-state index >= 15 is 0 Å². The molecule has 0 saturated heterocycles. The first-order chi connectivity index (χ1) is 8.04. The number of carboxylic acid groups (broad SMARTS) is 1. The number of carbonyl (C=O) groups is 1. The fourth-order valence-electron chi connectivity index (χ4n) is 1.40. The van der Waals surface area contributed by atoms with E-state index in [-0.39, 0.29) is 0 Å². The lowest BCUT2D eigenvalue weighted by Crippen LogP contribution is -2.16. The summed E-state index contributed by atoms with van der Waals surface area (Å²) in [4.78, 5) is 12.4. The van der Waals surface area contributed by atoms with Gasteiger partial charge in [-0.15, -0.1) is 6.58 Å². The standard InChI is InChI=1S/C13H14BrNO2/c1-3-8-15(2)12-6-4-10(9-11(12)14)5-7-13(16)17/h3-7,9H,1,8H2,2H3,(H,16,17)/b7-5+. The minimum absolute atomic E-state index is 0.753. The number of hydrogen-bond donors (Lipinski definition) is 1. The number of benzene rings is 1. The molecule has 0 amide bonds. The minimum atomic E-state index is -0.950. The quantitative estimate of drug-likeness (QED) is 0.670. The Morgan fingerprint density at radius 1 is 1.59 bits per heavy atom. The van der Waals surface area contributed by atoms with Crippen molar-refractivity contribution in [2.45, 2.75) is 0 Å². The normalized spacial score (nSPS) is 10.5. The zero-order valence-electron chi connectivity index (χ0n) is 9.56. The second-order valence-corrected chi connectivity index (χ2v) is 4.41. The largest absolute Gasteiger partial charge is 0.478 e. The van der Waals surface area contributed by atoms with Gasteiger partial charge < -0.3 is 10.0 Å². The van der Waals surface area contributed by atoms with Crippen LogP contribution < -0.4 is 4.90 Å². The summed E-state index contributed by atoms with van der Waals surface area (Å²) in [6.07, 6.45) is 4.50. The SMILES string of the molecule is C=CCN(C)c1ccc(/C=C/C(=O)O)cc1Br. The second-order valence-electron chi connectivity index (χ2n) is 3.55. The molecular formula is C13H14BrNO2. The molecule has 0 fully saturated rings. The molecule has 0 bridgehead atoms. The maximum Gasteiger partial charge on any atom is 0.328 e. The molecule has 0 aliphatic heterocycles. The van der Waals surface area contributed by atoms with Gasteiger partial charge in [-0.2, -0.15) is 0 Å². The highest BCUT2D eigenvalue weighted by atomic mass is 79.9. The van der Waals surface area contributed by atoms with Crippen molar-refractivity contribution < 1.29 is 9.90 Å². The number of hydrogen-bond acceptors (Lipinski definition) is 2. The Hall–Kier alpha value is -1.55. The molecule has 4 heteroatoms. The molecule has 90 valence electrons. The van der Waals surface area contributed by atoms with E-state index in [0.29, 0.717) is 0 Å². The topological polar surface area (TPSA) is 40.5 Å². The Balaban J connectivity index is 2.93. The van der Waals surface area contributed by atoms with Crippen LogP contribution in [0.3, 0.4) is 0 Å². The van der Waals surface area contributed by atoms with Crippen molar-refractivity contribution >= 4 is 33.7 Å². The second kappa shape index (κ2) is 6.25. The minimum Gasteiger partial charge on any atom is -0.478 e. The molecule has 0 heterocycles. The summed E-state index contributed by atoms with van der Waals surface area (Å²) in [5, 5.41) is 8.54. The molecule has 0 unspecified atom stereocenters. The molecule has 0 radical (unpaired) electrons. The monoisotopic (exact) mass is 295 g/mol. The van der Waals surface area contributed by atoms with Crippen molar-refractivity contribution in [1.29, 1.82) is 0 Å². The lowest BCUT2D eigenvalue weighted by Gasteiger charge is -2.19. The fraction of sp³-hybridized carbons (Fsp3) is 0.154. The Labute approximate surface area is 109 Å². The van der Waals surface area contributed by atoms with Crippen LogP contribution in [-0.4, -0.2) is 24.7 Å². The molecule has 0 spiro atoms.